The lowest BCUT2D eigenvalue weighted by atomic mass is 10.2. The fourth-order valence-electron chi connectivity index (χ4n) is 1.67. The summed E-state index contributed by atoms with van der Waals surface area (Å²) in [5.74, 6) is 0. The van der Waals surface area contributed by atoms with E-state index in [4.69, 9.17) is 23.2 Å². The molecular formula is C12H7Cl2N3S. The fraction of sp³-hybridized carbons (Fsp3) is 0.0833. The van der Waals surface area contributed by atoms with Gasteiger partial charge in [0.2, 0.25) is 0 Å². The Bertz CT molecular complexity index is 678. The second-order valence-corrected chi connectivity index (χ2v) is 5.60. The molecule has 0 bridgehead atoms. The molecule has 0 aliphatic carbocycles. The van der Waals surface area contributed by atoms with Crippen molar-refractivity contribution in [3.05, 3.63) is 51.2 Å². The number of para-hydroxylation sites is 1. The van der Waals surface area contributed by atoms with Crippen LogP contribution in [0.1, 0.15) is 10.6 Å². The van der Waals surface area contributed by atoms with Gasteiger partial charge in [-0.2, -0.15) is 0 Å². The zero-order valence-corrected chi connectivity index (χ0v) is 11.4. The number of thiazole rings is 1. The highest BCUT2D eigenvalue weighted by molar-refractivity contribution is 7.18. The first-order valence-corrected chi connectivity index (χ1v) is 6.81. The van der Waals surface area contributed by atoms with E-state index >= 15 is 0 Å². The van der Waals surface area contributed by atoms with E-state index in [2.05, 4.69) is 21.2 Å². The average molecular weight is 296 g/mol. The third kappa shape index (κ3) is 2.32. The molecule has 0 saturated heterocycles. The minimum absolute atomic E-state index is 0.343. The van der Waals surface area contributed by atoms with Crippen molar-refractivity contribution in [2.75, 3.05) is 0 Å². The minimum atomic E-state index is 0.343. The lowest BCUT2D eigenvalue weighted by Gasteiger charge is -1.99. The van der Waals surface area contributed by atoms with E-state index in [0.717, 1.165) is 20.8 Å². The number of nitrogens with zero attached hydrogens (tertiary/aromatic N) is 3. The molecule has 2 heterocycles. The van der Waals surface area contributed by atoms with Gasteiger partial charge in [-0.05, 0) is 18.2 Å². The van der Waals surface area contributed by atoms with Gasteiger partial charge in [0.25, 0.3) is 0 Å². The maximum absolute atomic E-state index is 5.99. The number of benzene rings is 1. The Morgan fingerprint density at radius 2 is 1.94 bits per heavy atom. The van der Waals surface area contributed by atoms with E-state index in [1.165, 1.54) is 0 Å². The van der Waals surface area contributed by atoms with Gasteiger partial charge < -0.3 is 0 Å². The molecule has 2 aromatic heterocycles. The molecule has 0 unspecified atom stereocenters. The fourth-order valence-corrected chi connectivity index (χ4v) is 2.99. The van der Waals surface area contributed by atoms with Crippen LogP contribution < -0.4 is 0 Å². The third-order valence-corrected chi connectivity index (χ3v) is 4.01. The maximum atomic E-state index is 5.99. The molecule has 6 heteroatoms. The van der Waals surface area contributed by atoms with Gasteiger partial charge in [-0.1, -0.05) is 35.3 Å². The summed E-state index contributed by atoms with van der Waals surface area (Å²) in [6.45, 7) is 0. The van der Waals surface area contributed by atoms with Gasteiger partial charge >= 0.3 is 0 Å². The van der Waals surface area contributed by atoms with Crippen LogP contribution >= 0.6 is 34.5 Å². The molecule has 0 radical (unpaired) electrons. The summed E-state index contributed by atoms with van der Waals surface area (Å²) in [5, 5.41) is 9.18. The summed E-state index contributed by atoms with van der Waals surface area (Å²) in [7, 11) is 0. The maximum Gasteiger partial charge on any atom is 0.155 e. The van der Waals surface area contributed by atoms with Crippen LogP contribution in [-0.4, -0.2) is 15.2 Å². The Balaban J connectivity index is 1.98. The summed E-state index contributed by atoms with van der Waals surface area (Å²) in [5.41, 5.74) is 1.84. The van der Waals surface area contributed by atoms with Crippen molar-refractivity contribution < 1.29 is 0 Å². The van der Waals surface area contributed by atoms with E-state index in [-0.39, 0.29) is 0 Å². The summed E-state index contributed by atoms with van der Waals surface area (Å²) >= 11 is 13.4. The Morgan fingerprint density at radius 1 is 1.11 bits per heavy atom. The molecule has 0 aliphatic rings. The highest BCUT2D eigenvalue weighted by Gasteiger charge is 2.09. The normalized spacial score (nSPS) is 11.0. The number of rotatable bonds is 2. The molecule has 0 aliphatic heterocycles. The van der Waals surface area contributed by atoms with Crippen molar-refractivity contribution in [3.8, 4) is 0 Å². The molecule has 0 fully saturated rings. The second-order valence-electron chi connectivity index (χ2n) is 3.74. The van der Waals surface area contributed by atoms with Crippen molar-refractivity contribution in [3.63, 3.8) is 0 Å². The molecule has 90 valence electrons. The van der Waals surface area contributed by atoms with Crippen molar-refractivity contribution in [2.24, 2.45) is 0 Å². The molecule has 0 atom stereocenters. The zero-order valence-electron chi connectivity index (χ0n) is 9.10. The van der Waals surface area contributed by atoms with Gasteiger partial charge in [0.1, 0.15) is 0 Å². The number of hydrogen-bond donors (Lipinski definition) is 0. The van der Waals surface area contributed by atoms with E-state index < -0.39 is 0 Å². The smallest absolute Gasteiger partial charge is 0.155 e. The van der Waals surface area contributed by atoms with Gasteiger partial charge in [0.15, 0.2) is 10.3 Å². The van der Waals surface area contributed by atoms with Crippen LogP contribution in [0.25, 0.3) is 10.2 Å². The molecular weight excluding hydrogens is 289 g/mol. The first kappa shape index (κ1) is 11.8. The predicted octanol–water partition coefficient (Wildman–Crippen LogP) is 3.98. The molecule has 3 rings (SSSR count). The molecule has 0 spiro atoms. The minimum Gasteiger partial charge on any atom is -0.241 e. The van der Waals surface area contributed by atoms with E-state index in [0.29, 0.717) is 16.7 Å². The number of halogens is 2. The first-order chi connectivity index (χ1) is 8.72. The van der Waals surface area contributed by atoms with Gasteiger partial charge in [0, 0.05) is 12.0 Å². The van der Waals surface area contributed by atoms with Crippen LogP contribution in [0, 0.1) is 0 Å². The lowest BCUT2D eigenvalue weighted by Crippen LogP contribution is -1.93. The van der Waals surface area contributed by atoms with E-state index in [9.17, 15) is 0 Å². The number of fused-ring (bicyclic) bond motifs is 1. The Hall–Kier alpha value is -1.23. The summed E-state index contributed by atoms with van der Waals surface area (Å²) < 4.78 is 1.16. The highest BCUT2D eigenvalue weighted by atomic mass is 35.5. The summed E-state index contributed by atoms with van der Waals surface area (Å²) in [6.07, 6.45) is 0.618. The molecule has 0 saturated carbocycles. The van der Waals surface area contributed by atoms with Crippen molar-refractivity contribution >= 4 is 44.8 Å². The van der Waals surface area contributed by atoms with Crippen LogP contribution in [0.2, 0.25) is 10.3 Å². The Labute approximate surface area is 117 Å². The third-order valence-electron chi connectivity index (χ3n) is 2.47. The zero-order chi connectivity index (χ0) is 12.5. The number of aromatic nitrogens is 3. The van der Waals surface area contributed by atoms with E-state index in [1.54, 1.807) is 17.4 Å². The van der Waals surface area contributed by atoms with Gasteiger partial charge in [0.05, 0.1) is 15.2 Å². The molecule has 0 N–H and O–H groups in total. The van der Waals surface area contributed by atoms with Crippen molar-refractivity contribution in [2.45, 2.75) is 6.42 Å². The molecule has 18 heavy (non-hydrogen) atoms. The van der Waals surface area contributed by atoms with Crippen LogP contribution in [0.3, 0.4) is 0 Å². The van der Waals surface area contributed by atoms with Gasteiger partial charge in [-0.25, -0.2) is 4.98 Å². The molecule has 3 nitrogen and oxygen atoms in total. The lowest BCUT2D eigenvalue weighted by molar-refractivity contribution is 0.992. The Kier molecular flexibility index (Phi) is 3.16. The van der Waals surface area contributed by atoms with Crippen LogP contribution in [0.4, 0.5) is 0 Å². The van der Waals surface area contributed by atoms with Gasteiger partial charge in [-0.3, -0.25) is 0 Å². The largest absolute Gasteiger partial charge is 0.241 e. The molecule has 3 aromatic rings. The van der Waals surface area contributed by atoms with Crippen LogP contribution in [0.5, 0.6) is 0 Å². The quantitative estimate of drug-likeness (QED) is 0.718. The highest BCUT2D eigenvalue weighted by Crippen LogP contribution is 2.25. The van der Waals surface area contributed by atoms with Crippen LogP contribution in [0.15, 0.2) is 30.3 Å². The summed E-state index contributed by atoms with van der Waals surface area (Å²) in [6, 6.07) is 9.75. The molecule has 1 aromatic carbocycles. The standard InChI is InChI=1S/C12H7Cl2N3S/c13-10-5-7(12(14)17-16-10)6-11-15-8-3-1-2-4-9(8)18-11/h1-5H,6H2. The van der Waals surface area contributed by atoms with Crippen molar-refractivity contribution in [1.29, 1.82) is 0 Å². The molecule has 0 amide bonds. The monoisotopic (exact) mass is 295 g/mol. The Morgan fingerprint density at radius 3 is 2.78 bits per heavy atom. The first-order valence-electron chi connectivity index (χ1n) is 5.24. The second kappa shape index (κ2) is 4.80. The SMILES string of the molecule is Clc1cc(Cc2nc3ccccc3s2)c(Cl)nn1. The topological polar surface area (TPSA) is 38.7 Å². The predicted molar refractivity (Wildman–Crippen MR) is 74.5 cm³/mol. The average Bonchev–Trinajstić information content (AvgIpc) is 2.76. The van der Waals surface area contributed by atoms with Crippen molar-refractivity contribution in [1.82, 2.24) is 15.2 Å². The van der Waals surface area contributed by atoms with Crippen LogP contribution in [-0.2, 0) is 6.42 Å². The summed E-state index contributed by atoms with van der Waals surface area (Å²) in [4.78, 5) is 4.55. The van der Waals surface area contributed by atoms with Gasteiger partial charge in [-0.15, -0.1) is 21.5 Å². The number of hydrogen-bond acceptors (Lipinski definition) is 4. The van der Waals surface area contributed by atoms with E-state index in [1.807, 2.05) is 18.2 Å².